The second-order valence-electron chi connectivity index (χ2n) is 3.74. The number of aliphatic hydroxyl groups is 2. The van der Waals surface area contributed by atoms with E-state index in [2.05, 4.69) is 5.32 Å². The molecule has 1 fully saturated rings. The fourth-order valence-corrected chi connectivity index (χ4v) is 1.85. The van der Waals surface area contributed by atoms with Gasteiger partial charge in [-0.25, -0.2) is 0 Å². The monoisotopic (exact) mass is 173 g/mol. The van der Waals surface area contributed by atoms with E-state index in [1.165, 1.54) is 6.42 Å². The van der Waals surface area contributed by atoms with E-state index in [-0.39, 0.29) is 12.7 Å². The van der Waals surface area contributed by atoms with Crippen molar-refractivity contribution in [1.29, 1.82) is 0 Å². The zero-order chi connectivity index (χ0) is 8.97. The van der Waals surface area contributed by atoms with E-state index in [1.54, 1.807) is 6.92 Å². The first-order valence-electron chi connectivity index (χ1n) is 4.76. The van der Waals surface area contributed by atoms with Crippen molar-refractivity contribution < 1.29 is 10.2 Å². The average Bonchev–Trinajstić information content (AvgIpc) is 2.47. The highest BCUT2D eigenvalue weighted by Gasteiger charge is 2.25. The van der Waals surface area contributed by atoms with Crippen LogP contribution in [0.25, 0.3) is 0 Å². The number of hydrogen-bond acceptors (Lipinski definition) is 3. The lowest BCUT2D eigenvalue weighted by Crippen LogP contribution is -2.38. The fraction of sp³-hybridized carbons (Fsp3) is 1.00. The number of nitrogens with one attached hydrogen (secondary N) is 1. The highest BCUT2D eigenvalue weighted by Crippen LogP contribution is 2.24. The summed E-state index contributed by atoms with van der Waals surface area (Å²) in [5.41, 5.74) is 0. The van der Waals surface area contributed by atoms with Crippen LogP contribution in [-0.2, 0) is 0 Å². The number of rotatable bonds is 4. The van der Waals surface area contributed by atoms with Gasteiger partial charge in [0.25, 0.3) is 0 Å². The Labute approximate surface area is 73.8 Å². The topological polar surface area (TPSA) is 52.5 Å². The molecule has 3 nitrogen and oxygen atoms in total. The van der Waals surface area contributed by atoms with Crippen molar-refractivity contribution >= 4 is 0 Å². The van der Waals surface area contributed by atoms with Crippen molar-refractivity contribution in [3.8, 4) is 0 Å². The van der Waals surface area contributed by atoms with Gasteiger partial charge in [0.1, 0.15) is 0 Å². The molecule has 3 N–H and O–H groups in total. The molecule has 72 valence electrons. The van der Waals surface area contributed by atoms with E-state index in [9.17, 15) is 0 Å². The largest absolute Gasteiger partial charge is 0.396 e. The van der Waals surface area contributed by atoms with E-state index < -0.39 is 0 Å². The lowest BCUT2D eigenvalue weighted by molar-refractivity contribution is 0.166. The van der Waals surface area contributed by atoms with Gasteiger partial charge in [0.15, 0.2) is 0 Å². The summed E-state index contributed by atoms with van der Waals surface area (Å²) < 4.78 is 0. The van der Waals surface area contributed by atoms with Crippen LogP contribution in [0.1, 0.15) is 26.2 Å². The van der Waals surface area contributed by atoms with Crippen molar-refractivity contribution in [2.75, 3.05) is 13.2 Å². The van der Waals surface area contributed by atoms with Crippen LogP contribution in [0, 0.1) is 5.92 Å². The molecule has 0 radical (unpaired) electrons. The van der Waals surface area contributed by atoms with Crippen molar-refractivity contribution in [2.45, 2.75) is 38.3 Å². The summed E-state index contributed by atoms with van der Waals surface area (Å²) in [5.74, 6) is 0.406. The van der Waals surface area contributed by atoms with Crippen molar-refractivity contribution in [3.63, 3.8) is 0 Å². The molecule has 3 atom stereocenters. The molecule has 0 saturated heterocycles. The molecule has 3 heteroatoms. The highest BCUT2D eigenvalue weighted by atomic mass is 16.3. The highest BCUT2D eigenvalue weighted by molar-refractivity contribution is 4.82. The molecule has 1 aliphatic carbocycles. The Bertz CT molecular complexity index is 128. The van der Waals surface area contributed by atoms with Gasteiger partial charge in [-0.3, -0.25) is 0 Å². The summed E-state index contributed by atoms with van der Waals surface area (Å²) in [6.07, 6.45) is 3.17. The minimum absolute atomic E-state index is 0.275. The van der Waals surface area contributed by atoms with E-state index in [0.29, 0.717) is 18.5 Å². The van der Waals surface area contributed by atoms with Gasteiger partial charge in [-0.05, 0) is 25.7 Å². The van der Waals surface area contributed by atoms with Crippen molar-refractivity contribution in [1.82, 2.24) is 5.32 Å². The Morgan fingerprint density at radius 3 is 2.83 bits per heavy atom. The fourth-order valence-electron chi connectivity index (χ4n) is 1.85. The van der Waals surface area contributed by atoms with Crippen molar-refractivity contribution in [2.24, 2.45) is 5.92 Å². The predicted molar refractivity (Wildman–Crippen MR) is 47.9 cm³/mol. The third-order valence-electron chi connectivity index (χ3n) is 2.57. The smallest absolute Gasteiger partial charge is 0.0636 e. The molecule has 1 aliphatic rings. The predicted octanol–water partition coefficient (Wildman–Crippen LogP) is 0.118. The summed E-state index contributed by atoms with van der Waals surface area (Å²) in [4.78, 5) is 0. The van der Waals surface area contributed by atoms with Crippen LogP contribution in [-0.4, -0.2) is 35.5 Å². The molecule has 0 spiro atoms. The normalized spacial score (nSPS) is 32.2. The van der Waals surface area contributed by atoms with Gasteiger partial charge in [-0.1, -0.05) is 6.42 Å². The van der Waals surface area contributed by atoms with Gasteiger partial charge in [0.2, 0.25) is 0 Å². The van der Waals surface area contributed by atoms with Crippen molar-refractivity contribution in [3.05, 3.63) is 0 Å². The first-order chi connectivity index (χ1) is 5.74. The minimum Gasteiger partial charge on any atom is -0.396 e. The molecule has 0 aromatic carbocycles. The summed E-state index contributed by atoms with van der Waals surface area (Å²) in [5, 5.41) is 21.3. The van der Waals surface area contributed by atoms with Crippen LogP contribution in [0.3, 0.4) is 0 Å². The van der Waals surface area contributed by atoms with Gasteiger partial charge < -0.3 is 15.5 Å². The SMILES string of the molecule is C[C@@H](O)CNC1CCCC1CO. The van der Waals surface area contributed by atoms with E-state index >= 15 is 0 Å². The third kappa shape index (κ3) is 2.73. The van der Waals surface area contributed by atoms with Crippen LogP contribution >= 0.6 is 0 Å². The lowest BCUT2D eigenvalue weighted by Gasteiger charge is -2.19. The van der Waals surface area contributed by atoms with Gasteiger partial charge in [0.05, 0.1) is 6.10 Å². The standard InChI is InChI=1S/C9H19NO2/c1-7(12)5-10-9-4-2-3-8(9)6-11/h7-12H,2-6H2,1H3/t7-,8?,9?/m1/s1. The molecule has 0 aromatic rings. The first-order valence-corrected chi connectivity index (χ1v) is 4.76. The Balaban J connectivity index is 2.21. The maximum Gasteiger partial charge on any atom is 0.0636 e. The second kappa shape index (κ2) is 4.80. The van der Waals surface area contributed by atoms with Gasteiger partial charge in [-0.2, -0.15) is 0 Å². The van der Waals surface area contributed by atoms with Crippen LogP contribution in [0.15, 0.2) is 0 Å². The quantitative estimate of drug-likeness (QED) is 0.566. The second-order valence-corrected chi connectivity index (χ2v) is 3.74. The molecule has 1 saturated carbocycles. The molecule has 0 aromatic heterocycles. The molecular formula is C9H19NO2. The van der Waals surface area contributed by atoms with E-state index in [1.807, 2.05) is 0 Å². The van der Waals surface area contributed by atoms with Crippen LogP contribution in [0.4, 0.5) is 0 Å². The summed E-state index contributed by atoms with van der Waals surface area (Å²) >= 11 is 0. The zero-order valence-electron chi connectivity index (χ0n) is 7.66. The molecular weight excluding hydrogens is 154 g/mol. The molecule has 12 heavy (non-hydrogen) atoms. The van der Waals surface area contributed by atoms with Gasteiger partial charge in [0, 0.05) is 19.2 Å². The van der Waals surface area contributed by atoms with Gasteiger partial charge in [-0.15, -0.1) is 0 Å². The van der Waals surface area contributed by atoms with Crippen LogP contribution in [0.2, 0.25) is 0 Å². The number of hydrogen-bond donors (Lipinski definition) is 3. The van der Waals surface area contributed by atoms with Crippen LogP contribution < -0.4 is 5.32 Å². The Morgan fingerprint density at radius 1 is 1.50 bits per heavy atom. The Morgan fingerprint density at radius 2 is 2.25 bits per heavy atom. The third-order valence-corrected chi connectivity index (χ3v) is 2.57. The zero-order valence-corrected chi connectivity index (χ0v) is 7.66. The Kier molecular flexibility index (Phi) is 3.98. The molecule has 0 amide bonds. The summed E-state index contributed by atoms with van der Waals surface area (Å²) in [6, 6.07) is 0.421. The number of aliphatic hydroxyl groups excluding tert-OH is 2. The maximum atomic E-state index is 9.05. The lowest BCUT2D eigenvalue weighted by atomic mass is 10.1. The molecule has 2 unspecified atom stereocenters. The summed E-state index contributed by atoms with van der Waals surface area (Å²) in [6.45, 7) is 2.69. The van der Waals surface area contributed by atoms with Gasteiger partial charge >= 0.3 is 0 Å². The molecule has 1 rings (SSSR count). The first kappa shape index (κ1) is 9.96. The Hall–Kier alpha value is -0.120. The van der Waals surface area contributed by atoms with E-state index in [0.717, 1.165) is 12.8 Å². The maximum absolute atomic E-state index is 9.05. The average molecular weight is 173 g/mol. The minimum atomic E-state index is -0.287. The molecule has 0 heterocycles. The molecule has 0 bridgehead atoms. The van der Waals surface area contributed by atoms with Crippen LogP contribution in [0.5, 0.6) is 0 Å². The van der Waals surface area contributed by atoms with E-state index in [4.69, 9.17) is 10.2 Å². The summed E-state index contributed by atoms with van der Waals surface area (Å²) in [7, 11) is 0. The molecule has 0 aliphatic heterocycles.